The summed E-state index contributed by atoms with van der Waals surface area (Å²) in [5, 5.41) is 4.55. The molecule has 1 amide bonds. The van der Waals surface area contributed by atoms with Crippen LogP contribution in [-0.2, 0) is 11.3 Å². The first-order chi connectivity index (χ1) is 12.1. The number of nitrogens with zero attached hydrogens (tertiary/aromatic N) is 2. The van der Waals surface area contributed by atoms with Crippen molar-refractivity contribution in [3.05, 3.63) is 33.6 Å². The average molecular weight is 382 g/mol. The van der Waals surface area contributed by atoms with Gasteiger partial charge in [0.15, 0.2) is 5.16 Å². The fourth-order valence-electron chi connectivity index (χ4n) is 2.49. The van der Waals surface area contributed by atoms with Gasteiger partial charge < -0.3 is 5.32 Å². The van der Waals surface area contributed by atoms with Crippen LogP contribution in [0.2, 0.25) is 5.02 Å². The summed E-state index contributed by atoms with van der Waals surface area (Å²) in [5.74, 6) is 0.207. The molecule has 7 heteroatoms. The first-order valence-electron chi connectivity index (χ1n) is 8.66. The average Bonchev–Trinajstić information content (AvgIpc) is 2.59. The Morgan fingerprint density at radius 3 is 2.80 bits per heavy atom. The third-order valence-corrected chi connectivity index (χ3v) is 4.98. The third kappa shape index (κ3) is 5.47. The second kappa shape index (κ2) is 9.82. The van der Waals surface area contributed by atoms with E-state index in [1.807, 2.05) is 6.92 Å². The van der Waals surface area contributed by atoms with Crippen LogP contribution >= 0.6 is 23.4 Å². The molecule has 0 radical (unpaired) electrons. The molecule has 0 unspecified atom stereocenters. The molecule has 0 aliphatic rings. The maximum atomic E-state index is 12.7. The summed E-state index contributed by atoms with van der Waals surface area (Å²) < 4.78 is 1.64. The van der Waals surface area contributed by atoms with Gasteiger partial charge in [-0.05, 0) is 31.0 Å². The Morgan fingerprint density at radius 1 is 1.28 bits per heavy atom. The predicted molar refractivity (Wildman–Crippen MR) is 105 cm³/mol. The van der Waals surface area contributed by atoms with E-state index in [1.54, 1.807) is 22.8 Å². The fourth-order valence-corrected chi connectivity index (χ4v) is 3.51. The lowest BCUT2D eigenvalue weighted by molar-refractivity contribution is -0.118. The summed E-state index contributed by atoms with van der Waals surface area (Å²) in [6, 6.07) is 5.08. The van der Waals surface area contributed by atoms with Crippen LogP contribution in [0.4, 0.5) is 0 Å². The van der Waals surface area contributed by atoms with E-state index in [2.05, 4.69) is 17.2 Å². The van der Waals surface area contributed by atoms with Crippen LogP contribution in [0.15, 0.2) is 28.2 Å². The minimum absolute atomic E-state index is 0.0374. The maximum absolute atomic E-state index is 12.7. The number of carbonyl (C=O) groups excluding carboxylic acids is 1. The van der Waals surface area contributed by atoms with Gasteiger partial charge in [-0.25, -0.2) is 4.98 Å². The van der Waals surface area contributed by atoms with Gasteiger partial charge in [0.1, 0.15) is 0 Å². The number of amides is 1. The van der Waals surface area contributed by atoms with Crippen LogP contribution in [-0.4, -0.2) is 27.8 Å². The van der Waals surface area contributed by atoms with Crippen LogP contribution in [0.3, 0.4) is 0 Å². The molecule has 1 aromatic heterocycles. The van der Waals surface area contributed by atoms with Gasteiger partial charge in [0.2, 0.25) is 5.91 Å². The van der Waals surface area contributed by atoms with E-state index < -0.39 is 0 Å². The van der Waals surface area contributed by atoms with Crippen molar-refractivity contribution < 1.29 is 4.79 Å². The zero-order valence-corrected chi connectivity index (χ0v) is 16.3. The number of unbranched alkanes of at least 4 members (excludes halogenated alkanes) is 2. The van der Waals surface area contributed by atoms with Gasteiger partial charge in [-0.1, -0.05) is 50.1 Å². The van der Waals surface area contributed by atoms with Gasteiger partial charge in [-0.15, -0.1) is 0 Å². The number of aromatic nitrogens is 2. The number of hydrogen-bond donors (Lipinski definition) is 1. The number of fused-ring (bicyclic) bond motifs is 1. The van der Waals surface area contributed by atoms with E-state index in [4.69, 9.17) is 11.6 Å². The molecule has 0 atom stereocenters. The second-order valence-corrected chi connectivity index (χ2v) is 7.24. The lowest BCUT2D eigenvalue weighted by Crippen LogP contribution is -2.27. The molecule has 0 spiro atoms. The third-order valence-electron chi connectivity index (χ3n) is 3.76. The van der Waals surface area contributed by atoms with Gasteiger partial charge in [0.05, 0.1) is 16.7 Å². The van der Waals surface area contributed by atoms with E-state index in [-0.39, 0.29) is 17.2 Å². The van der Waals surface area contributed by atoms with Crippen molar-refractivity contribution in [2.45, 2.75) is 51.2 Å². The topological polar surface area (TPSA) is 64.0 Å². The van der Waals surface area contributed by atoms with E-state index in [0.29, 0.717) is 34.2 Å². The number of nitrogens with one attached hydrogen (secondary N) is 1. The van der Waals surface area contributed by atoms with Gasteiger partial charge in [-0.2, -0.15) is 0 Å². The second-order valence-electron chi connectivity index (χ2n) is 5.86. The first kappa shape index (κ1) is 19.8. The van der Waals surface area contributed by atoms with Crippen molar-refractivity contribution in [1.29, 1.82) is 0 Å². The maximum Gasteiger partial charge on any atom is 0.262 e. The Bertz CT molecular complexity index is 792. The molecule has 0 aliphatic carbocycles. The van der Waals surface area contributed by atoms with Gasteiger partial charge >= 0.3 is 0 Å². The molecule has 0 aliphatic heterocycles. The summed E-state index contributed by atoms with van der Waals surface area (Å²) in [4.78, 5) is 29.2. The Balaban J connectivity index is 2.16. The number of thioether (sulfide) groups is 1. The molecule has 0 saturated heterocycles. The molecular formula is C18H24ClN3O2S. The first-order valence-corrected chi connectivity index (χ1v) is 10.0. The summed E-state index contributed by atoms with van der Waals surface area (Å²) in [5.41, 5.74) is 0.477. The van der Waals surface area contributed by atoms with Crippen molar-refractivity contribution in [1.82, 2.24) is 14.9 Å². The Morgan fingerprint density at radius 2 is 2.08 bits per heavy atom. The highest BCUT2D eigenvalue weighted by Gasteiger charge is 2.13. The Labute approximate surface area is 157 Å². The smallest absolute Gasteiger partial charge is 0.262 e. The highest BCUT2D eigenvalue weighted by atomic mass is 35.5. The molecule has 0 bridgehead atoms. The molecule has 2 rings (SSSR count). The molecule has 0 saturated carbocycles. The molecule has 1 N–H and O–H groups in total. The predicted octanol–water partition coefficient (Wildman–Crippen LogP) is 3.86. The van der Waals surface area contributed by atoms with Crippen LogP contribution in [0.25, 0.3) is 10.9 Å². The monoisotopic (exact) mass is 381 g/mol. The molecule has 5 nitrogen and oxygen atoms in total. The summed E-state index contributed by atoms with van der Waals surface area (Å²) in [6.45, 7) is 5.40. The quantitative estimate of drug-likeness (QED) is 0.407. The van der Waals surface area contributed by atoms with Crippen LogP contribution in [0, 0.1) is 0 Å². The highest BCUT2D eigenvalue weighted by Crippen LogP contribution is 2.20. The molecular weight excluding hydrogens is 358 g/mol. The van der Waals surface area contributed by atoms with Gasteiger partial charge in [-0.3, -0.25) is 14.2 Å². The number of carbonyl (C=O) groups is 1. The van der Waals surface area contributed by atoms with E-state index in [0.717, 1.165) is 25.7 Å². The molecule has 1 heterocycles. The van der Waals surface area contributed by atoms with Crippen molar-refractivity contribution >= 4 is 40.2 Å². The Hall–Kier alpha value is -1.53. The zero-order valence-electron chi connectivity index (χ0n) is 14.7. The van der Waals surface area contributed by atoms with Crippen molar-refractivity contribution in [3.63, 3.8) is 0 Å². The van der Waals surface area contributed by atoms with Crippen LogP contribution in [0.5, 0.6) is 0 Å². The molecule has 136 valence electrons. The number of rotatable bonds is 9. The molecule has 0 fully saturated rings. The highest BCUT2D eigenvalue weighted by molar-refractivity contribution is 7.99. The van der Waals surface area contributed by atoms with Crippen LogP contribution in [0.1, 0.15) is 39.5 Å². The number of hydrogen-bond acceptors (Lipinski definition) is 4. The molecule has 1 aromatic carbocycles. The standard InChI is InChI=1S/C18H24ClN3O2S/c1-3-5-6-9-20-16(23)12-25-18-21-15-11-13(19)7-8-14(15)17(24)22(18)10-4-2/h7-8,11H,3-6,9-10,12H2,1-2H3,(H,20,23). The minimum Gasteiger partial charge on any atom is -0.355 e. The van der Waals surface area contributed by atoms with Crippen molar-refractivity contribution in [2.75, 3.05) is 12.3 Å². The lowest BCUT2D eigenvalue weighted by atomic mass is 10.2. The van der Waals surface area contributed by atoms with Crippen molar-refractivity contribution in [2.24, 2.45) is 0 Å². The summed E-state index contributed by atoms with van der Waals surface area (Å²) >= 11 is 7.31. The molecule has 25 heavy (non-hydrogen) atoms. The van der Waals surface area contributed by atoms with Crippen LogP contribution < -0.4 is 10.9 Å². The van der Waals surface area contributed by atoms with Crippen molar-refractivity contribution in [3.8, 4) is 0 Å². The SMILES string of the molecule is CCCCCNC(=O)CSc1nc2cc(Cl)ccc2c(=O)n1CCC. The van der Waals surface area contributed by atoms with E-state index >= 15 is 0 Å². The summed E-state index contributed by atoms with van der Waals surface area (Å²) in [7, 11) is 0. The van der Waals surface area contributed by atoms with Gasteiger partial charge in [0, 0.05) is 18.1 Å². The van der Waals surface area contributed by atoms with Gasteiger partial charge in [0.25, 0.3) is 5.56 Å². The minimum atomic E-state index is -0.0885. The number of halogens is 1. The Kier molecular flexibility index (Phi) is 7.78. The normalized spacial score (nSPS) is 11.0. The zero-order chi connectivity index (χ0) is 18.2. The van der Waals surface area contributed by atoms with E-state index in [1.165, 1.54) is 11.8 Å². The van der Waals surface area contributed by atoms with E-state index in [9.17, 15) is 9.59 Å². The lowest BCUT2D eigenvalue weighted by Gasteiger charge is -2.12. The fraction of sp³-hybridized carbons (Fsp3) is 0.500. The number of benzene rings is 1. The molecule has 2 aromatic rings. The largest absolute Gasteiger partial charge is 0.355 e. The summed E-state index contributed by atoms with van der Waals surface area (Å²) in [6.07, 6.45) is 4.03.